The van der Waals surface area contributed by atoms with Crippen LogP contribution in [0.1, 0.15) is 34.8 Å². The molecule has 1 amide bonds. The Kier molecular flexibility index (Phi) is 6.94. The van der Waals surface area contributed by atoms with Gasteiger partial charge in [0.15, 0.2) is 0 Å². The number of aryl methyl sites for hydroxylation is 2. The third-order valence-corrected chi connectivity index (χ3v) is 7.25. The normalized spacial score (nSPS) is 14.8. The summed E-state index contributed by atoms with van der Waals surface area (Å²) in [6, 6.07) is 20.9. The van der Waals surface area contributed by atoms with Crippen LogP contribution in [0, 0.1) is 6.92 Å². The number of fused-ring (bicyclic) bond motifs is 3. The largest absolute Gasteiger partial charge is 0.494 e. The van der Waals surface area contributed by atoms with Gasteiger partial charge in [0.25, 0.3) is 0 Å². The summed E-state index contributed by atoms with van der Waals surface area (Å²) in [6.07, 6.45) is 4.62. The third kappa shape index (κ3) is 5.33. The van der Waals surface area contributed by atoms with Gasteiger partial charge in [0.05, 0.1) is 12.8 Å². The zero-order valence-corrected chi connectivity index (χ0v) is 22.3. The van der Waals surface area contributed by atoms with Crippen LogP contribution in [0.25, 0.3) is 10.9 Å². The number of hydrogen-bond acceptors (Lipinski definition) is 5. The molecule has 0 fully saturated rings. The summed E-state index contributed by atoms with van der Waals surface area (Å²) in [5, 5.41) is 9.56. The molecule has 3 aromatic carbocycles. The van der Waals surface area contributed by atoms with E-state index in [0.29, 0.717) is 30.3 Å². The summed E-state index contributed by atoms with van der Waals surface area (Å²) in [4.78, 5) is 18.8. The minimum atomic E-state index is -0.389. The smallest absolute Gasteiger partial charge is 0.416 e. The van der Waals surface area contributed by atoms with Gasteiger partial charge in [0.2, 0.25) is 0 Å². The van der Waals surface area contributed by atoms with Crippen molar-refractivity contribution >= 4 is 28.6 Å². The first-order chi connectivity index (χ1) is 19.0. The Labute approximate surface area is 231 Å². The predicted molar refractivity (Wildman–Crippen MR) is 149 cm³/mol. The lowest BCUT2D eigenvalue weighted by molar-refractivity contribution is 0.135. The number of nitrogens with one attached hydrogen (secondary N) is 1. The second kappa shape index (κ2) is 10.8. The van der Waals surface area contributed by atoms with Crippen molar-refractivity contribution in [2.24, 2.45) is 0 Å². The summed E-state index contributed by atoms with van der Waals surface area (Å²) in [5.74, 6) is 1.29. The standard InChI is InChI=1S/C30H28ClN5O3/c1-20-3-8-24(9-4-20)39-30(37)36-16-13-25-26-19-22(31)7-12-27(26)33-28(25)29(36)21-5-10-23(11-6-21)38-18-2-15-35-17-14-32-34-35/h3-12,14,17,19,29,33H,2,13,15-16,18H2,1H3/t29-/m0/s1. The van der Waals surface area contributed by atoms with E-state index in [1.165, 1.54) is 5.56 Å². The molecule has 9 heteroatoms. The van der Waals surface area contributed by atoms with Crippen LogP contribution in [0.4, 0.5) is 4.79 Å². The molecule has 0 saturated carbocycles. The van der Waals surface area contributed by atoms with Crippen molar-refractivity contribution in [1.82, 2.24) is 24.9 Å². The molecular formula is C30H28ClN5O3. The molecule has 1 aliphatic heterocycles. The maximum atomic E-state index is 13.5. The summed E-state index contributed by atoms with van der Waals surface area (Å²) in [7, 11) is 0. The maximum Gasteiger partial charge on any atom is 0.416 e. The fourth-order valence-electron chi connectivity index (χ4n) is 5.08. The molecule has 1 aliphatic rings. The molecule has 3 heterocycles. The van der Waals surface area contributed by atoms with E-state index < -0.39 is 0 Å². The van der Waals surface area contributed by atoms with Crippen molar-refractivity contribution in [2.75, 3.05) is 13.2 Å². The molecule has 0 saturated heterocycles. The zero-order valence-electron chi connectivity index (χ0n) is 21.5. The van der Waals surface area contributed by atoms with Crippen LogP contribution >= 0.6 is 11.6 Å². The minimum absolute atomic E-state index is 0.348. The quantitative estimate of drug-likeness (QED) is 0.243. The van der Waals surface area contributed by atoms with Crippen LogP contribution in [-0.4, -0.2) is 44.1 Å². The van der Waals surface area contributed by atoms with Gasteiger partial charge in [-0.25, -0.2) is 4.79 Å². The highest BCUT2D eigenvalue weighted by Crippen LogP contribution is 2.40. The number of aromatic nitrogens is 4. The van der Waals surface area contributed by atoms with Crippen molar-refractivity contribution in [3.8, 4) is 11.5 Å². The fraction of sp³-hybridized carbons (Fsp3) is 0.233. The predicted octanol–water partition coefficient (Wildman–Crippen LogP) is 6.34. The second-order valence-electron chi connectivity index (χ2n) is 9.67. The first-order valence-electron chi connectivity index (χ1n) is 13.0. The second-order valence-corrected chi connectivity index (χ2v) is 10.1. The number of amides is 1. The number of halogens is 1. The fourth-order valence-corrected chi connectivity index (χ4v) is 5.26. The number of ether oxygens (including phenoxy) is 2. The van der Waals surface area contributed by atoms with E-state index in [-0.39, 0.29) is 12.1 Å². The van der Waals surface area contributed by atoms with Crippen LogP contribution in [-0.2, 0) is 13.0 Å². The van der Waals surface area contributed by atoms with Gasteiger partial charge in [0, 0.05) is 47.3 Å². The number of hydrogen-bond donors (Lipinski definition) is 1. The molecule has 1 atom stereocenters. The van der Waals surface area contributed by atoms with Crippen LogP contribution in [0.3, 0.4) is 0 Å². The molecule has 5 aromatic rings. The summed E-state index contributed by atoms with van der Waals surface area (Å²) in [5.41, 5.74) is 5.21. The highest BCUT2D eigenvalue weighted by molar-refractivity contribution is 6.31. The van der Waals surface area contributed by atoms with Crippen molar-refractivity contribution < 1.29 is 14.3 Å². The lowest BCUT2D eigenvalue weighted by Crippen LogP contribution is -2.42. The minimum Gasteiger partial charge on any atom is -0.494 e. The van der Waals surface area contributed by atoms with Gasteiger partial charge in [-0.15, -0.1) is 5.10 Å². The van der Waals surface area contributed by atoms with Crippen molar-refractivity contribution in [3.63, 3.8) is 0 Å². The van der Waals surface area contributed by atoms with Gasteiger partial charge in [-0.3, -0.25) is 9.58 Å². The summed E-state index contributed by atoms with van der Waals surface area (Å²) in [6.45, 7) is 3.82. The number of benzene rings is 3. The maximum absolute atomic E-state index is 13.5. The van der Waals surface area contributed by atoms with Crippen LogP contribution in [0.15, 0.2) is 79.1 Å². The highest BCUT2D eigenvalue weighted by atomic mass is 35.5. The Morgan fingerprint density at radius 1 is 1.08 bits per heavy atom. The average molecular weight is 542 g/mol. The lowest BCUT2D eigenvalue weighted by atomic mass is 9.92. The Bertz CT molecular complexity index is 1580. The number of rotatable bonds is 7. The van der Waals surface area contributed by atoms with E-state index in [4.69, 9.17) is 21.1 Å². The molecule has 0 aliphatic carbocycles. The first kappa shape index (κ1) is 25.0. The molecule has 1 N–H and O–H groups in total. The molecule has 0 bridgehead atoms. The summed E-state index contributed by atoms with van der Waals surface area (Å²) < 4.78 is 13.5. The molecule has 0 spiro atoms. The number of carbonyl (C=O) groups is 1. The molecule has 2 aromatic heterocycles. The van der Waals surface area contributed by atoms with E-state index in [2.05, 4.69) is 15.3 Å². The van der Waals surface area contributed by atoms with E-state index >= 15 is 0 Å². The van der Waals surface area contributed by atoms with Gasteiger partial charge < -0.3 is 14.5 Å². The topological polar surface area (TPSA) is 85.3 Å². The number of nitrogens with zero attached hydrogens (tertiary/aromatic N) is 4. The van der Waals surface area contributed by atoms with E-state index in [0.717, 1.165) is 46.4 Å². The first-order valence-corrected chi connectivity index (χ1v) is 13.3. The zero-order chi connectivity index (χ0) is 26.8. The van der Waals surface area contributed by atoms with Crippen molar-refractivity contribution in [2.45, 2.75) is 32.4 Å². The Balaban J connectivity index is 1.26. The molecule has 198 valence electrons. The van der Waals surface area contributed by atoms with Crippen molar-refractivity contribution in [1.29, 1.82) is 0 Å². The molecular weight excluding hydrogens is 514 g/mol. The number of H-pyrrole nitrogens is 1. The van der Waals surface area contributed by atoms with Crippen LogP contribution in [0.5, 0.6) is 11.5 Å². The van der Waals surface area contributed by atoms with Gasteiger partial charge >= 0.3 is 6.09 Å². The van der Waals surface area contributed by atoms with Gasteiger partial charge in [-0.1, -0.05) is 46.6 Å². The highest BCUT2D eigenvalue weighted by Gasteiger charge is 2.35. The van der Waals surface area contributed by atoms with E-state index in [1.807, 2.05) is 79.9 Å². The SMILES string of the molecule is Cc1ccc(OC(=O)N2CCc3c([nH]c4ccc(Cl)cc34)[C@@H]2c2ccc(OCCCn3ccnn3)cc2)cc1. The van der Waals surface area contributed by atoms with Gasteiger partial charge in [0.1, 0.15) is 17.5 Å². The van der Waals surface area contributed by atoms with Gasteiger partial charge in [-0.05, 0) is 66.9 Å². The number of carbonyl (C=O) groups excluding carboxylic acids is 1. The van der Waals surface area contributed by atoms with Gasteiger partial charge in [-0.2, -0.15) is 0 Å². The molecule has 0 radical (unpaired) electrons. The van der Waals surface area contributed by atoms with E-state index in [9.17, 15) is 4.79 Å². The third-order valence-electron chi connectivity index (χ3n) is 7.02. The lowest BCUT2D eigenvalue weighted by Gasteiger charge is -2.35. The van der Waals surface area contributed by atoms with E-state index in [1.54, 1.807) is 15.8 Å². The van der Waals surface area contributed by atoms with Crippen molar-refractivity contribution in [3.05, 3.63) is 107 Å². The Morgan fingerprint density at radius 3 is 2.64 bits per heavy atom. The summed E-state index contributed by atoms with van der Waals surface area (Å²) >= 11 is 6.33. The molecule has 6 rings (SSSR count). The average Bonchev–Trinajstić information content (AvgIpc) is 3.60. The Hall–Kier alpha value is -4.30. The number of aromatic amines is 1. The van der Waals surface area contributed by atoms with Crippen LogP contribution < -0.4 is 9.47 Å². The Morgan fingerprint density at radius 2 is 1.87 bits per heavy atom. The molecule has 39 heavy (non-hydrogen) atoms. The molecule has 8 nitrogen and oxygen atoms in total. The monoisotopic (exact) mass is 541 g/mol. The molecule has 0 unspecified atom stereocenters. The van der Waals surface area contributed by atoms with Crippen LogP contribution in [0.2, 0.25) is 5.02 Å².